The van der Waals surface area contributed by atoms with Gasteiger partial charge in [0.15, 0.2) is 6.61 Å². The fourth-order valence-electron chi connectivity index (χ4n) is 2.13. The van der Waals surface area contributed by atoms with Crippen LogP contribution in [0, 0.1) is 12.7 Å². The first-order valence-electron chi connectivity index (χ1n) is 7.55. The minimum atomic E-state index is -0.483. The largest absolute Gasteiger partial charge is 0.455 e. The number of benzene rings is 2. The Kier molecular flexibility index (Phi) is 5.45. The molecule has 3 rings (SSSR count). The molecule has 5 nitrogen and oxygen atoms in total. The zero-order valence-electron chi connectivity index (χ0n) is 13.4. The van der Waals surface area contributed by atoms with Crippen molar-refractivity contribution in [3.63, 3.8) is 0 Å². The molecule has 0 aliphatic rings. The van der Waals surface area contributed by atoms with Gasteiger partial charge in [-0.1, -0.05) is 41.6 Å². The van der Waals surface area contributed by atoms with E-state index in [4.69, 9.17) is 9.26 Å². The number of thioether (sulfide) groups is 1. The minimum Gasteiger partial charge on any atom is -0.455 e. The van der Waals surface area contributed by atoms with E-state index in [0.717, 1.165) is 22.9 Å². The van der Waals surface area contributed by atoms with Crippen LogP contribution in [0.5, 0.6) is 0 Å². The molecule has 0 spiro atoms. The monoisotopic (exact) mass is 358 g/mol. The molecule has 7 heteroatoms. The lowest BCUT2D eigenvalue weighted by Gasteiger charge is -2.03. The molecule has 2 aromatic carbocycles. The average Bonchev–Trinajstić information content (AvgIpc) is 3.08. The van der Waals surface area contributed by atoms with Crippen molar-refractivity contribution in [3.8, 4) is 11.4 Å². The van der Waals surface area contributed by atoms with Crippen molar-refractivity contribution in [1.29, 1.82) is 0 Å². The van der Waals surface area contributed by atoms with E-state index < -0.39 is 5.97 Å². The number of aromatic nitrogens is 2. The van der Waals surface area contributed by atoms with Crippen LogP contribution in [0.25, 0.3) is 11.4 Å². The lowest BCUT2D eigenvalue weighted by Crippen LogP contribution is -2.07. The maximum atomic E-state index is 13.5. The summed E-state index contributed by atoms with van der Waals surface area (Å²) in [5.41, 5.74) is 1.88. The van der Waals surface area contributed by atoms with Crippen LogP contribution in [0.3, 0.4) is 0 Å². The number of nitrogens with zero attached hydrogens (tertiary/aromatic N) is 2. The van der Waals surface area contributed by atoms with Gasteiger partial charge in [0, 0.05) is 10.5 Å². The number of carbonyl (C=O) groups is 1. The summed E-state index contributed by atoms with van der Waals surface area (Å²) in [6, 6.07) is 13.9. The molecular weight excluding hydrogens is 343 g/mol. The number of rotatable bonds is 6. The van der Waals surface area contributed by atoms with E-state index in [-0.39, 0.29) is 24.1 Å². The summed E-state index contributed by atoms with van der Waals surface area (Å²) in [6.07, 6.45) is 0. The molecule has 1 heterocycles. The van der Waals surface area contributed by atoms with E-state index in [2.05, 4.69) is 10.1 Å². The van der Waals surface area contributed by atoms with Gasteiger partial charge in [-0.3, -0.25) is 4.79 Å². The summed E-state index contributed by atoms with van der Waals surface area (Å²) in [5.74, 6) is -0.184. The summed E-state index contributed by atoms with van der Waals surface area (Å²) < 4.78 is 23.7. The molecule has 3 aromatic rings. The van der Waals surface area contributed by atoms with E-state index in [1.54, 1.807) is 18.2 Å². The Balaban J connectivity index is 1.53. The van der Waals surface area contributed by atoms with E-state index in [1.807, 2.05) is 31.2 Å². The third-order valence-electron chi connectivity index (χ3n) is 3.39. The van der Waals surface area contributed by atoms with Gasteiger partial charge in [0.2, 0.25) is 5.82 Å². The summed E-state index contributed by atoms with van der Waals surface area (Å²) in [6.45, 7) is 1.83. The number of aryl methyl sites for hydroxylation is 1. The summed E-state index contributed by atoms with van der Waals surface area (Å²) >= 11 is 1.08. The molecule has 0 aliphatic heterocycles. The smallest absolute Gasteiger partial charge is 0.316 e. The van der Waals surface area contributed by atoms with Gasteiger partial charge in [0.1, 0.15) is 5.82 Å². The van der Waals surface area contributed by atoms with Crippen LogP contribution in [0.4, 0.5) is 4.39 Å². The molecule has 0 atom stereocenters. The maximum absolute atomic E-state index is 13.5. The minimum absolute atomic E-state index is 0.000277. The Morgan fingerprint density at radius 1 is 1.20 bits per heavy atom. The quantitative estimate of drug-likeness (QED) is 0.490. The number of esters is 1. The first kappa shape index (κ1) is 17.2. The van der Waals surface area contributed by atoms with Crippen molar-refractivity contribution in [2.24, 2.45) is 0 Å². The van der Waals surface area contributed by atoms with Crippen LogP contribution < -0.4 is 0 Å². The van der Waals surface area contributed by atoms with Crippen molar-refractivity contribution in [3.05, 3.63) is 65.8 Å². The lowest BCUT2D eigenvalue weighted by molar-refractivity contribution is -0.142. The van der Waals surface area contributed by atoms with Crippen LogP contribution in [-0.2, 0) is 16.1 Å². The van der Waals surface area contributed by atoms with Gasteiger partial charge < -0.3 is 9.26 Å². The van der Waals surface area contributed by atoms with Crippen molar-refractivity contribution in [1.82, 2.24) is 10.1 Å². The normalized spacial score (nSPS) is 10.6. The SMILES string of the molecule is Cc1ccccc1-c1noc(COC(=O)CSc2ccccc2F)n1. The molecule has 0 saturated heterocycles. The Hall–Kier alpha value is -2.67. The van der Waals surface area contributed by atoms with Gasteiger partial charge in [-0.25, -0.2) is 4.39 Å². The standard InChI is InChI=1S/C18H15FN2O3S/c1-12-6-2-3-7-13(12)18-20-16(24-21-18)10-23-17(22)11-25-15-9-5-4-8-14(15)19/h2-9H,10-11H2,1H3. The first-order chi connectivity index (χ1) is 12.1. The number of halogens is 1. The summed E-state index contributed by atoms with van der Waals surface area (Å²) in [7, 11) is 0. The number of hydrogen-bond acceptors (Lipinski definition) is 6. The topological polar surface area (TPSA) is 65.2 Å². The molecule has 0 radical (unpaired) electrons. The number of carbonyl (C=O) groups excluding carboxylic acids is 1. The highest BCUT2D eigenvalue weighted by atomic mass is 32.2. The molecule has 0 saturated carbocycles. The fraction of sp³-hybridized carbons (Fsp3) is 0.167. The fourth-order valence-corrected chi connectivity index (χ4v) is 2.87. The van der Waals surface area contributed by atoms with Crippen molar-refractivity contribution < 1.29 is 18.4 Å². The van der Waals surface area contributed by atoms with E-state index in [1.165, 1.54) is 6.07 Å². The molecule has 0 bridgehead atoms. The molecule has 128 valence electrons. The molecule has 0 unspecified atom stereocenters. The Labute approximate surface area is 148 Å². The lowest BCUT2D eigenvalue weighted by atomic mass is 10.1. The van der Waals surface area contributed by atoms with E-state index >= 15 is 0 Å². The van der Waals surface area contributed by atoms with Gasteiger partial charge in [0.25, 0.3) is 5.89 Å². The summed E-state index contributed by atoms with van der Waals surface area (Å²) in [5, 5.41) is 3.90. The zero-order valence-corrected chi connectivity index (χ0v) is 14.3. The molecule has 25 heavy (non-hydrogen) atoms. The number of ether oxygens (including phenoxy) is 1. The molecule has 0 amide bonds. The van der Waals surface area contributed by atoms with Gasteiger partial charge in [-0.05, 0) is 24.6 Å². The first-order valence-corrected chi connectivity index (χ1v) is 8.53. The molecular formula is C18H15FN2O3S. The van der Waals surface area contributed by atoms with Crippen molar-refractivity contribution >= 4 is 17.7 Å². The predicted molar refractivity (Wildman–Crippen MR) is 91.4 cm³/mol. The molecule has 0 fully saturated rings. The van der Waals surface area contributed by atoms with Crippen molar-refractivity contribution in [2.75, 3.05) is 5.75 Å². The Morgan fingerprint density at radius 3 is 2.76 bits per heavy atom. The van der Waals surface area contributed by atoms with Crippen LogP contribution >= 0.6 is 11.8 Å². The van der Waals surface area contributed by atoms with Gasteiger partial charge in [0.05, 0.1) is 5.75 Å². The molecule has 0 aliphatic carbocycles. The van der Waals surface area contributed by atoms with Gasteiger partial charge in [-0.2, -0.15) is 4.98 Å². The molecule has 1 aromatic heterocycles. The van der Waals surface area contributed by atoms with Gasteiger partial charge >= 0.3 is 5.97 Å². The third-order valence-corrected chi connectivity index (χ3v) is 4.41. The highest BCUT2D eigenvalue weighted by molar-refractivity contribution is 8.00. The van der Waals surface area contributed by atoms with E-state index in [0.29, 0.717) is 10.7 Å². The zero-order chi connectivity index (χ0) is 17.6. The van der Waals surface area contributed by atoms with Crippen LogP contribution in [0.1, 0.15) is 11.5 Å². The third kappa shape index (κ3) is 4.45. The molecule has 0 N–H and O–H groups in total. The Bertz CT molecular complexity index is 882. The second-order valence-corrected chi connectivity index (χ2v) is 6.22. The van der Waals surface area contributed by atoms with Crippen LogP contribution in [0.2, 0.25) is 0 Å². The summed E-state index contributed by atoms with van der Waals surface area (Å²) in [4.78, 5) is 16.4. The van der Waals surface area contributed by atoms with Crippen molar-refractivity contribution in [2.45, 2.75) is 18.4 Å². The average molecular weight is 358 g/mol. The van der Waals surface area contributed by atoms with Gasteiger partial charge in [-0.15, -0.1) is 11.8 Å². The van der Waals surface area contributed by atoms with E-state index in [9.17, 15) is 9.18 Å². The second kappa shape index (κ2) is 7.94. The predicted octanol–water partition coefficient (Wildman–Crippen LogP) is 4.02. The van der Waals surface area contributed by atoms with Crippen LogP contribution in [0.15, 0.2) is 57.9 Å². The number of hydrogen-bond donors (Lipinski definition) is 0. The second-order valence-electron chi connectivity index (χ2n) is 5.21. The highest BCUT2D eigenvalue weighted by Gasteiger charge is 2.13. The van der Waals surface area contributed by atoms with Crippen LogP contribution in [-0.4, -0.2) is 21.9 Å². The Morgan fingerprint density at radius 2 is 1.96 bits per heavy atom. The highest BCUT2D eigenvalue weighted by Crippen LogP contribution is 2.22. The maximum Gasteiger partial charge on any atom is 0.316 e.